The SMILES string of the molecule is Cn1cc(C(=O)N2C[C@@H](NS(C)(=O)=O)[C@H](C3CC3)C2)cn1. The Hall–Kier alpha value is -1.41. The van der Waals surface area contributed by atoms with E-state index in [1.54, 1.807) is 29.0 Å². The Labute approximate surface area is 124 Å². The summed E-state index contributed by atoms with van der Waals surface area (Å²) in [6.07, 6.45) is 6.66. The van der Waals surface area contributed by atoms with Gasteiger partial charge in [-0.1, -0.05) is 0 Å². The third kappa shape index (κ3) is 3.26. The minimum atomic E-state index is -3.26. The van der Waals surface area contributed by atoms with Gasteiger partial charge in [-0.2, -0.15) is 5.10 Å². The second-order valence-corrected chi connectivity index (χ2v) is 7.89. The highest BCUT2D eigenvalue weighted by Gasteiger charge is 2.44. The van der Waals surface area contributed by atoms with Crippen molar-refractivity contribution in [2.24, 2.45) is 18.9 Å². The van der Waals surface area contributed by atoms with Crippen LogP contribution in [0.3, 0.4) is 0 Å². The zero-order valence-corrected chi connectivity index (χ0v) is 13.0. The van der Waals surface area contributed by atoms with Gasteiger partial charge in [0.1, 0.15) is 0 Å². The van der Waals surface area contributed by atoms with Gasteiger partial charge < -0.3 is 4.90 Å². The van der Waals surface area contributed by atoms with E-state index in [1.165, 1.54) is 6.26 Å². The van der Waals surface area contributed by atoms with Crippen LogP contribution >= 0.6 is 0 Å². The molecule has 0 unspecified atom stereocenters. The number of aryl methyl sites for hydroxylation is 1. The van der Waals surface area contributed by atoms with Gasteiger partial charge >= 0.3 is 0 Å². The molecule has 2 fully saturated rings. The van der Waals surface area contributed by atoms with Crippen molar-refractivity contribution in [3.8, 4) is 0 Å². The maximum atomic E-state index is 12.5. The third-order valence-electron chi connectivity index (χ3n) is 4.20. The van der Waals surface area contributed by atoms with Crippen molar-refractivity contribution in [3.05, 3.63) is 18.0 Å². The van der Waals surface area contributed by atoms with Gasteiger partial charge in [0.15, 0.2) is 0 Å². The van der Waals surface area contributed by atoms with Gasteiger partial charge in [0.05, 0.1) is 18.0 Å². The molecule has 3 rings (SSSR count). The topological polar surface area (TPSA) is 84.3 Å². The lowest BCUT2D eigenvalue weighted by Gasteiger charge is -2.17. The van der Waals surface area contributed by atoms with Crippen LogP contribution in [0.25, 0.3) is 0 Å². The molecule has 1 amide bonds. The lowest BCUT2D eigenvalue weighted by atomic mass is 9.99. The second kappa shape index (κ2) is 5.10. The Bertz CT molecular complexity index is 650. The standard InChI is InChI=1S/C13H20N4O3S/c1-16-6-10(5-14-16)13(18)17-7-11(9-3-4-9)12(8-17)15-21(2,19)20/h5-6,9,11-12,15H,3-4,7-8H2,1-2H3/t11-,12+/m0/s1. The number of aromatic nitrogens is 2. The minimum Gasteiger partial charge on any atom is -0.337 e. The number of rotatable bonds is 4. The molecule has 1 aromatic heterocycles. The summed E-state index contributed by atoms with van der Waals surface area (Å²) in [6.45, 7) is 1.05. The minimum absolute atomic E-state index is 0.0773. The number of nitrogens with zero attached hydrogens (tertiary/aromatic N) is 3. The van der Waals surface area contributed by atoms with Crippen LogP contribution in [0.1, 0.15) is 23.2 Å². The molecule has 0 radical (unpaired) electrons. The molecule has 1 aromatic rings. The van der Waals surface area contributed by atoms with E-state index < -0.39 is 10.0 Å². The van der Waals surface area contributed by atoms with Crippen LogP contribution in [0, 0.1) is 11.8 Å². The van der Waals surface area contributed by atoms with Crippen LogP contribution < -0.4 is 4.72 Å². The van der Waals surface area contributed by atoms with Gasteiger partial charge in [-0.3, -0.25) is 9.48 Å². The first-order valence-corrected chi connectivity index (χ1v) is 8.98. The zero-order valence-electron chi connectivity index (χ0n) is 12.2. The molecule has 0 bridgehead atoms. The fraction of sp³-hybridized carbons (Fsp3) is 0.692. The fourth-order valence-corrected chi connectivity index (χ4v) is 3.91. The van der Waals surface area contributed by atoms with Gasteiger partial charge in [-0.25, -0.2) is 13.1 Å². The molecular weight excluding hydrogens is 292 g/mol. The van der Waals surface area contributed by atoms with Crippen LogP contribution in [0.15, 0.2) is 12.4 Å². The molecule has 1 saturated heterocycles. The van der Waals surface area contributed by atoms with Crippen molar-refractivity contribution in [1.82, 2.24) is 19.4 Å². The second-order valence-electron chi connectivity index (χ2n) is 6.11. The Kier molecular flexibility index (Phi) is 3.53. The largest absolute Gasteiger partial charge is 0.337 e. The molecule has 21 heavy (non-hydrogen) atoms. The monoisotopic (exact) mass is 312 g/mol. The molecule has 2 aliphatic rings. The van der Waals surface area contributed by atoms with Crippen molar-refractivity contribution < 1.29 is 13.2 Å². The predicted molar refractivity (Wildman–Crippen MR) is 77.1 cm³/mol. The lowest BCUT2D eigenvalue weighted by molar-refractivity contribution is 0.0784. The van der Waals surface area contributed by atoms with E-state index in [0.717, 1.165) is 12.8 Å². The highest BCUT2D eigenvalue weighted by atomic mass is 32.2. The first-order chi connectivity index (χ1) is 9.83. The summed E-state index contributed by atoms with van der Waals surface area (Å²) >= 11 is 0. The molecule has 7 nitrogen and oxygen atoms in total. The number of carbonyl (C=O) groups is 1. The number of nitrogens with one attached hydrogen (secondary N) is 1. The Morgan fingerprint density at radius 3 is 2.62 bits per heavy atom. The highest BCUT2D eigenvalue weighted by molar-refractivity contribution is 7.88. The van der Waals surface area contributed by atoms with Crippen LogP contribution in [-0.2, 0) is 17.1 Å². The van der Waals surface area contributed by atoms with Gasteiger partial charge in [-0.15, -0.1) is 0 Å². The van der Waals surface area contributed by atoms with E-state index in [2.05, 4.69) is 9.82 Å². The van der Waals surface area contributed by atoms with Crippen LogP contribution in [0.2, 0.25) is 0 Å². The van der Waals surface area contributed by atoms with E-state index >= 15 is 0 Å². The first-order valence-electron chi connectivity index (χ1n) is 7.09. The molecule has 1 aliphatic carbocycles. The molecule has 0 spiro atoms. The number of amides is 1. The highest BCUT2D eigenvalue weighted by Crippen LogP contribution is 2.41. The molecule has 0 aromatic carbocycles. The maximum Gasteiger partial charge on any atom is 0.257 e. The molecule has 2 atom stereocenters. The van der Waals surface area contributed by atoms with E-state index in [1.807, 2.05) is 0 Å². The number of carbonyl (C=O) groups excluding carboxylic acids is 1. The van der Waals surface area contributed by atoms with Crippen LogP contribution in [-0.4, -0.2) is 54.4 Å². The van der Waals surface area contributed by atoms with Crippen LogP contribution in [0.4, 0.5) is 0 Å². The van der Waals surface area contributed by atoms with Crippen molar-refractivity contribution in [3.63, 3.8) is 0 Å². The summed E-state index contributed by atoms with van der Waals surface area (Å²) in [5.41, 5.74) is 0.548. The molecule has 8 heteroatoms. The third-order valence-corrected chi connectivity index (χ3v) is 4.93. The van der Waals surface area contributed by atoms with Crippen molar-refractivity contribution >= 4 is 15.9 Å². The summed E-state index contributed by atoms with van der Waals surface area (Å²) in [4.78, 5) is 14.2. The fourth-order valence-electron chi connectivity index (χ4n) is 3.11. The Morgan fingerprint density at radius 1 is 1.38 bits per heavy atom. The van der Waals surface area contributed by atoms with Gasteiger partial charge in [0.25, 0.3) is 5.91 Å². The Morgan fingerprint density at radius 2 is 2.10 bits per heavy atom. The van der Waals surface area contributed by atoms with Crippen molar-refractivity contribution in [2.75, 3.05) is 19.3 Å². The molecule has 116 valence electrons. The predicted octanol–water partition coefficient (Wildman–Crippen LogP) is -0.180. The normalized spacial score (nSPS) is 26.3. The smallest absolute Gasteiger partial charge is 0.257 e. The van der Waals surface area contributed by atoms with Crippen molar-refractivity contribution in [2.45, 2.75) is 18.9 Å². The summed E-state index contributed by atoms with van der Waals surface area (Å²) in [6, 6.07) is -0.173. The Balaban J connectivity index is 1.74. The molecule has 1 aliphatic heterocycles. The van der Waals surface area contributed by atoms with Crippen LogP contribution in [0.5, 0.6) is 0 Å². The zero-order chi connectivity index (χ0) is 15.2. The summed E-state index contributed by atoms with van der Waals surface area (Å²) in [7, 11) is -1.49. The number of hydrogen-bond donors (Lipinski definition) is 1. The van der Waals surface area contributed by atoms with Gasteiger partial charge in [-0.05, 0) is 24.7 Å². The number of likely N-dealkylation sites (tertiary alicyclic amines) is 1. The summed E-state index contributed by atoms with van der Waals surface area (Å²) < 4.78 is 27.3. The number of sulfonamides is 1. The van der Waals surface area contributed by atoms with Gasteiger partial charge in [0.2, 0.25) is 10.0 Å². The van der Waals surface area contributed by atoms with Crippen molar-refractivity contribution in [1.29, 1.82) is 0 Å². The summed E-state index contributed by atoms with van der Waals surface area (Å²) in [5, 5.41) is 4.01. The van der Waals surface area contributed by atoms with E-state index in [0.29, 0.717) is 24.6 Å². The average Bonchev–Trinajstić information content (AvgIpc) is 3.00. The van der Waals surface area contributed by atoms with E-state index in [9.17, 15) is 13.2 Å². The summed E-state index contributed by atoms with van der Waals surface area (Å²) in [5.74, 6) is 0.683. The first kappa shape index (κ1) is 14.5. The molecule has 2 heterocycles. The quantitative estimate of drug-likeness (QED) is 0.836. The van der Waals surface area contributed by atoms with E-state index in [-0.39, 0.29) is 17.9 Å². The van der Waals surface area contributed by atoms with Gasteiger partial charge in [0, 0.05) is 32.4 Å². The molecule has 1 N–H and O–H groups in total. The molecule has 1 saturated carbocycles. The maximum absolute atomic E-state index is 12.5. The average molecular weight is 312 g/mol. The number of hydrogen-bond acceptors (Lipinski definition) is 4. The molecular formula is C13H20N4O3S. The lowest BCUT2D eigenvalue weighted by Crippen LogP contribution is -2.40. The van der Waals surface area contributed by atoms with E-state index in [4.69, 9.17) is 0 Å².